The van der Waals surface area contributed by atoms with Gasteiger partial charge in [0.2, 0.25) is 5.91 Å². The fraction of sp³-hybridized carbons (Fsp3) is 0.333. The van der Waals surface area contributed by atoms with Gasteiger partial charge in [0, 0.05) is 26.6 Å². The van der Waals surface area contributed by atoms with Crippen molar-refractivity contribution in [3.05, 3.63) is 46.7 Å². The standard InChI is InChI=1S/C18H20N2O3S/c1-13-18(22)20(15-5-3-4-6-16(15)23-13)9-7-17(21)19(2)11-14-8-10-24-12-14/h3-6,8,10,12-13H,7,9,11H2,1-2H3. The minimum atomic E-state index is -0.529. The van der Waals surface area contributed by atoms with Crippen LogP contribution < -0.4 is 9.64 Å². The normalized spacial score (nSPS) is 16.5. The molecular formula is C18H20N2O3S. The molecular weight excluding hydrogens is 324 g/mol. The van der Waals surface area contributed by atoms with Crippen LogP contribution in [0.1, 0.15) is 18.9 Å². The van der Waals surface area contributed by atoms with E-state index < -0.39 is 6.10 Å². The number of carbonyl (C=O) groups excluding carboxylic acids is 2. The summed E-state index contributed by atoms with van der Waals surface area (Å²) in [6, 6.07) is 9.44. The van der Waals surface area contributed by atoms with Crippen molar-refractivity contribution >= 4 is 28.8 Å². The van der Waals surface area contributed by atoms with E-state index in [1.165, 1.54) is 0 Å². The van der Waals surface area contributed by atoms with E-state index in [4.69, 9.17) is 4.74 Å². The highest BCUT2D eigenvalue weighted by molar-refractivity contribution is 7.07. The van der Waals surface area contributed by atoms with Crippen molar-refractivity contribution in [3.63, 3.8) is 0 Å². The zero-order chi connectivity index (χ0) is 17.1. The highest BCUT2D eigenvalue weighted by atomic mass is 32.1. The summed E-state index contributed by atoms with van der Waals surface area (Å²) in [6.45, 7) is 2.68. The first-order valence-electron chi connectivity index (χ1n) is 7.88. The van der Waals surface area contributed by atoms with E-state index in [2.05, 4.69) is 0 Å². The third kappa shape index (κ3) is 3.43. The van der Waals surface area contributed by atoms with E-state index in [1.54, 1.807) is 35.1 Å². The van der Waals surface area contributed by atoms with E-state index in [-0.39, 0.29) is 18.2 Å². The maximum atomic E-state index is 12.4. The molecule has 0 bridgehead atoms. The molecule has 2 aromatic rings. The molecule has 24 heavy (non-hydrogen) atoms. The number of thiophene rings is 1. The van der Waals surface area contributed by atoms with Gasteiger partial charge in [0.25, 0.3) is 5.91 Å². The molecule has 0 saturated heterocycles. The first kappa shape index (κ1) is 16.5. The quantitative estimate of drug-likeness (QED) is 0.838. The Balaban J connectivity index is 1.65. The van der Waals surface area contributed by atoms with Crippen LogP contribution in [0.2, 0.25) is 0 Å². The molecule has 0 radical (unpaired) electrons. The lowest BCUT2D eigenvalue weighted by Gasteiger charge is -2.33. The van der Waals surface area contributed by atoms with Crippen molar-refractivity contribution < 1.29 is 14.3 Å². The van der Waals surface area contributed by atoms with Gasteiger partial charge in [-0.1, -0.05) is 12.1 Å². The lowest BCUT2D eigenvalue weighted by molar-refractivity contribution is -0.130. The van der Waals surface area contributed by atoms with Crippen LogP contribution in [0.25, 0.3) is 0 Å². The number of nitrogens with zero attached hydrogens (tertiary/aromatic N) is 2. The molecule has 6 heteroatoms. The van der Waals surface area contributed by atoms with Gasteiger partial charge in [0.05, 0.1) is 5.69 Å². The zero-order valence-corrected chi connectivity index (χ0v) is 14.6. The first-order valence-corrected chi connectivity index (χ1v) is 8.82. The Bertz CT molecular complexity index is 730. The second kappa shape index (κ2) is 7.05. The molecule has 0 N–H and O–H groups in total. The molecule has 1 unspecified atom stereocenters. The molecule has 1 aliphatic rings. The van der Waals surface area contributed by atoms with Crippen LogP contribution in [-0.4, -0.2) is 36.4 Å². The van der Waals surface area contributed by atoms with Crippen LogP contribution in [0.15, 0.2) is 41.1 Å². The van der Waals surface area contributed by atoms with Gasteiger partial charge in [-0.25, -0.2) is 0 Å². The Kier molecular flexibility index (Phi) is 4.85. The summed E-state index contributed by atoms with van der Waals surface area (Å²) in [4.78, 5) is 28.1. The summed E-state index contributed by atoms with van der Waals surface area (Å²) in [5.74, 6) is 0.594. The first-order chi connectivity index (χ1) is 11.6. The molecule has 0 aliphatic carbocycles. The maximum Gasteiger partial charge on any atom is 0.267 e. The van der Waals surface area contributed by atoms with Gasteiger partial charge in [-0.15, -0.1) is 0 Å². The molecule has 1 aromatic carbocycles. The summed E-state index contributed by atoms with van der Waals surface area (Å²) < 4.78 is 5.61. The molecule has 1 atom stereocenters. The topological polar surface area (TPSA) is 49.9 Å². The van der Waals surface area contributed by atoms with Gasteiger partial charge in [0.1, 0.15) is 5.75 Å². The van der Waals surface area contributed by atoms with E-state index in [9.17, 15) is 9.59 Å². The van der Waals surface area contributed by atoms with Crippen LogP contribution in [0, 0.1) is 0 Å². The van der Waals surface area contributed by atoms with E-state index in [0.29, 0.717) is 18.8 Å². The molecule has 0 spiro atoms. The van der Waals surface area contributed by atoms with Crippen molar-refractivity contribution in [1.82, 2.24) is 4.90 Å². The predicted octanol–water partition coefficient (Wildman–Crippen LogP) is 2.91. The highest BCUT2D eigenvalue weighted by Gasteiger charge is 2.31. The van der Waals surface area contributed by atoms with Crippen LogP contribution in [0.4, 0.5) is 5.69 Å². The number of hydrogen-bond donors (Lipinski definition) is 0. The molecule has 2 amide bonds. The second-order valence-electron chi connectivity index (χ2n) is 5.85. The highest BCUT2D eigenvalue weighted by Crippen LogP contribution is 2.33. The van der Waals surface area contributed by atoms with Crippen molar-refractivity contribution in [1.29, 1.82) is 0 Å². The van der Waals surface area contributed by atoms with E-state index in [1.807, 2.05) is 41.1 Å². The minimum Gasteiger partial charge on any atom is -0.479 e. The number of anilines is 1. The van der Waals surface area contributed by atoms with Gasteiger partial charge in [-0.05, 0) is 41.4 Å². The Morgan fingerprint density at radius 1 is 1.33 bits per heavy atom. The van der Waals surface area contributed by atoms with Gasteiger partial charge >= 0.3 is 0 Å². The summed E-state index contributed by atoms with van der Waals surface area (Å²) in [7, 11) is 1.79. The third-order valence-corrected chi connectivity index (χ3v) is 4.78. The van der Waals surface area contributed by atoms with Gasteiger partial charge in [-0.3, -0.25) is 9.59 Å². The van der Waals surface area contributed by atoms with Crippen molar-refractivity contribution in [2.75, 3.05) is 18.5 Å². The molecule has 1 aliphatic heterocycles. The fourth-order valence-electron chi connectivity index (χ4n) is 2.73. The number of rotatable bonds is 5. The summed E-state index contributed by atoms with van der Waals surface area (Å²) >= 11 is 1.62. The van der Waals surface area contributed by atoms with Crippen LogP contribution >= 0.6 is 11.3 Å². The van der Waals surface area contributed by atoms with Crippen LogP contribution in [-0.2, 0) is 16.1 Å². The van der Waals surface area contributed by atoms with Crippen molar-refractivity contribution in [2.24, 2.45) is 0 Å². The summed E-state index contributed by atoms with van der Waals surface area (Å²) in [5, 5.41) is 4.03. The third-order valence-electron chi connectivity index (χ3n) is 4.05. The molecule has 3 rings (SSSR count). The number of amides is 2. The van der Waals surface area contributed by atoms with Gasteiger partial charge in [0.15, 0.2) is 6.10 Å². The number of hydrogen-bond acceptors (Lipinski definition) is 4. The number of ether oxygens (including phenoxy) is 1. The molecule has 0 fully saturated rings. The molecule has 0 saturated carbocycles. The minimum absolute atomic E-state index is 0.0191. The van der Waals surface area contributed by atoms with E-state index >= 15 is 0 Å². The summed E-state index contributed by atoms with van der Waals surface area (Å²) in [6.07, 6.45) is -0.244. The smallest absolute Gasteiger partial charge is 0.267 e. The number of benzene rings is 1. The lowest BCUT2D eigenvalue weighted by Crippen LogP contribution is -2.45. The largest absolute Gasteiger partial charge is 0.479 e. The number of fused-ring (bicyclic) bond motifs is 1. The molecule has 5 nitrogen and oxygen atoms in total. The average molecular weight is 344 g/mol. The summed E-state index contributed by atoms with van der Waals surface area (Å²) in [5.41, 5.74) is 1.85. The number of para-hydroxylation sites is 2. The van der Waals surface area contributed by atoms with Gasteiger partial charge in [-0.2, -0.15) is 11.3 Å². The SMILES string of the molecule is CC1Oc2ccccc2N(CCC(=O)N(C)Cc2ccsc2)C1=O. The molecule has 126 valence electrons. The van der Waals surface area contributed by atoms with Crippen molar-refractivity contribution in [2.45, 2.75) is 26.0 Å². The Labute approximate surface area is 145 Å². The lowest BCUT2D eigenvalue weighted by atomic mass is 10.1. The number of carbonyl (C=O) groups is 2. The zero-order valence-electron chi connectivity index (χ0n) is 13.8. The Hall–Kier alpha value is -2.34. The monoisotopic (exact) mass is 344 g/mol. The molecule has 1 aromatic heterocycles. The van der Waals surface area contributed by atoms with Crippen LogP contribution in [0.5, 0.6) is 5.75 Å². The predicted molar refractivity (Wildman–Crippen MR) is 94.3 cm³/mol. The fourth-order valence-corrected chi connectivity index (χ4v) is 3.39. The second-order valence-corrected chi connectivity index (χ2v) is 6.63. The van der Waals surface area contributed by atoms with Crippen LogP contribution in [0.3, 0.4) is 0 Å². The Morgan fingerprint density at radius 2 is 2.12 bits per heavy atom. The Morgan fingerprint density at radius 3 is 2.88 bits per heavy atom. The molecule has 2 heterocycles. The van der Waals surface area contributed by atoms with Crippen molar-refractivity contribution in [3.8, 4) is 5.75 Å². The maximum absolute atomic E-state index is 12.4. The van der Waals surface area contributed by atoms with E-state index in [0.717, 1.165) is 11.3 Å². The van der Waals surface area contributed by atoms with Gasteiger partial charge < -0.3 is 14.5 Å². The average Bonchev–Trinajstić information content (AvgIpc) is 3.08.